The number of benzene rings is 2. The number of hydrogen-bond acceptors (Lipinski definition) is 4. The normalized spacial score (nSPS) is 11.1. The molecular weight excluding hydrogens is 341 g/mol. The minimum absolute atomic E-state index is 0.188. The Hall–Kier alpha value is -2.93. The lowest BCUT2D eigenvalue weighted by atomic mass is 10.2. The monoisotopic (exact) mass is 357 g/mol. The lowest BCUT2D eigenvalue weighted by Gasteiger charge is -2.09. The molecule has 3 rings (SSSR count). The third-order valence-electron chi connectivity index (χ3n) is 3.46. The molecule has 0 atom stereocenters. The molecule has 0 aliphatic rings. The van der Waals surface area contributed by atoms with Crippen LogP contribution in [0, 0.1) is 5.82 Å². The molecule has 5 nitrogen and oxygen atoms in total. The van der Waals surface area contributed by atoms with Crippen molar-refractivity contribution in [1.82, 2.24) is 4.98 Å². The molecule has 0 spiro atoms. The lowest BCUT2D eigenvalue weighted by molar-refractivity contribution is 0.601. The number of rotatable bonds is 6. The maximum Gasteiger partial charge on any atom is 0.261 e. The van der Waals surface area contributed by atoms with Gasteiger partial charge in [-0.15, -0.1) is 0 Å². The highest BCUT2D eigenvalue weighted by molar-refractivity contribution is 7.92. The minimum Gasteiger partial charge on any atom is -0.366 e. The van der Waals surface area contributed by atoms with E-state index < -0.39 is 10.0 Å². The molecule has 0 saturated carbocycles. The average molecular weight is 357 g/mol. The number of hydrogen-bond donors (Lipinski definition) is 2. The Morgan fingerprint density at radius 1 is 0.920 bits per heavy atom. The van der Waals surface area contributed by atoms with Crippen molar-refractivity contribution in [2.24, 2.45) is 0 Å². The second-order valence-electron chi connectivity index (χ2n) is 5.33. The van der Waals surface area contributed by atoms with E-state index in [-0.39, 0.29) is 10.7 Å². The molecule has 0 fully saturated rings. The Bertz CT molecular complexity index is 928. The Balaban J connectivity index is 1.63. The van der Waals surface area contributed by atoms with Gasteiger partial charge in [-0.3, -0.25) is 4.72 Å². The van der Waals surface area contributed by atoms with E-state index in [2.05, 4.69) is 15.0 Å². The quantitative estimate of drug-likeness (QED) is 0.707. The van der Waals surface area contributed by atoms with Gasteiger partial charge in [0.2, 0.25) is 0 Å². The van der Waals surface area contributed by atoms with E-state index in [0.717, 1.165) is 5.56 Å². The maximum atomic E-state index is 12.9. The van der Waals surface area contributed by atoms with Crippen LogP contribution in [-0.2, 0) is 16.6 Å². The highest BCUT2D eigenvalue weighted by Crippen LogP contribution is 2.16. The van der Waals surface area contributed by atoms with Crippen LogP contribution in [0.3, 0.4) is 0 Å². The summed E-state index contributed by atoms with van der Waals surface area (Å²) in [7, 11) is -3.63. The third-order valence-corrected chi connectivity index (χ3v) is 4.85. The first-order valence-corrected chi connectivity index (χ1v) is 9.03. The fourth-order valence-electron chi connectivity index (χ4n) is 2.17. The van der Waals surface area contributed by atoms with Gasteiger partial charge in [0.25, 0.3) is 10.0 Å². The van der Waals surface area contributed by atoms with E-state index in [1.54, 1.807) is 42.5 Å². The van der Waals surface area contributed by atoms with Crippen molar-refractivity contribution < 1.29 is 12.8 Å². The third kappa shape index (κ3) is 4.54. The molecule has 0 saturated heterocycles. The van der Waals surface area contributed by atoms with Crippen molar-refractivity contribution in [2.75, 3.05) is 10.0 Å². The molecule has 1 heterocycles. The summed E-state index contributed by atoms with van der Waals surface area (Å²) in [5.41, 5.74) is 1.29. The van der Waals surface area contributed by atoms with Gasteiger partial charge in [-0.25, -0.2) is 17.8 Å². The second kappa shape index (κ2) is 7.31. The number of sulfonamides is 1. The summed E-state index contributed by atoms with van der Waals surface area (Å²) >= 11 is 0. The lowest BCUT2D eigenvalue weighted by Crippen LogP contribution is -2.13. The SMILES string of the molecule is O=S(=O)(Nc1ccc(NCc2ccc(F)cc2)nc1)c1ccccc1. The molecule has 0 amide bonds. The van der Waals surface area contributed by atoms with Crippen LogP contribution in [0.4, 0.5) is 15.9 Å². The topological polar surface area (TPSA) is 71.1 Å². The van der Waals surface area contributed by atoms with E-state index in [4.69, 9.17) is 0 Å². The summed E-state index contributed by atoms with van der Waals surface area (Å²) in [6, 6.07) is 17.6. The molecule has 128 valence electrons. The highest BCUT2D eigenvalue weighted by Gasteiger charge is 2.13. The fraction of sp³-hybridized carbons (Fsp3) is 0.0556. The van der Waals surface area contributed by atoms with Crippen molar-refractivity contribution in [2.45, 2.75) is 11.4 Å². The van der Waals surface area contributed by atoms with Crippen LogP contribution in [-0.4, -0.2) is 13.4 Å². The van der Waals surface area contributed by atoms with Crippen molar-refractivity contribution in [1.29, 1.82) is 0 Å². The molecule has 3 aromatic rings. The van der Waals surface area contributed by atoms with Crippen LogP contribution in [0.25, 0.3) is 0 Å². The summed E-state index contributed by atoms with van der Waals surface area (Å²) in [6.45, 7) is 0.488. The summed E-state index contributed by atoms with van der Waals surface area (Å²) in [5.74, 6) is 0.309. The van der Waals surface area contributed by atoms with E-state index in [0.29, 0.717) is 18.1 Å². The predicted molar refractivity (Wildman–Crippen MR) is 95.2 cm³/mol. The fourth-order valence-corrected chi connectivity index (χ4v) is 3.23. The number of halogens is 1. The highest BCUT2D eigenvalue weighted by atomic mass is 32.2. The standard InChI is InChI=1S/C18H16FN3O2S/c19-15-8-6-14(7-9-15)12-20-18-11-10-16(13-21-18)22-25(23,24)17-4-2-1-3-5-17/h1-11,13,22H,12H2,(H,20,21). The summed E-state index contributed by atoms with van der Waals surface area (Å²) in [6.07, 6.45) is 1.44. The van der Waals surface area contributed by atoms with Crippen molar-refractivity contribution in [3.8, 4) is 0 Å². The van der Waals surface area contributed by atoms with Gasteiger partial charge in [0, 0.05) is 6.54 Å². The predicted octanol–water partition coefficient (Wildman–Crippen LogP) is 3.63. The number of nitrogens with one attached hydrogen (secondary N) is 2. The van der Waals surface area contributed by atoms with Crippen LogP contribution in [0.5, 0.6) is 0 Å². The van der Waals surface area contributed by atoms with Crippen LogP contribution in [0.1, 0.15) is 5.56 Å². The van der Waals surface area contributed by atoms with Crippen LogP contribution >= 0.6 is 0 Å². The largest absolute Gasteiger partial charge is 0.366 e. The minimum atomic E-state index is -3.63. The Morgan fingerprint density at radius 3 is 2.28 bits per heavy atom. The molecule has 25 heavy (non-hydrogen) atoms. The first-order chi connectivity index (χ1) is 12.0. The van der Waals surface area contributed by atoms with Gasteiger partial charge in [-0.2, -0.15) is 0 Å². The zero-order valence-corrected chi connectivity index (χ0v) is 14.0. The molecule has 7 heteroatoms. The Kier molecular flexibility index (Phi) is 4.95. The van der Waals surface area contributed by atoms with Crippen LogP contribution in [0.15, 0.2) is 77.8 Å². The summed E-state index contributed by atoms with van der Waals surface area (Å²) < 4.78 is 39.8. The average Bonchev–Trinajstić information content (AvgIpc) is 2.63. The van der Waals surface area contributed by atoms with E-state index in [1.165, 1.54) is 30.5 Å². The number of pyridine rings is 1. The molecular formula is C18H16FN3O2S. The molecule has 0 aliphatic carbocycles. The van der Waals surface area contributed by atoms with Gasteiger partial charge in [0.05, 0.1) is 16.8 Å². The van der Waals surface area contributed by atoms with Crippen molar-refractivity contribution in [3.05, 3.63) is 84.3 Å². The maximum absolute atomic E-state index is 12.9. The van der Waals surface area contributed by atoms with Crippen molar-refractivity contribution >= 4 is 21.5 Å². The molecule has 2 N–H and O–H groups in total. The number of anilines is 2. The van der Waals surface area contributed by atoms with Gasteiger partial charge >= 0.3 is 0 Å². The number of aromatic nitrogens is 1. The molecule has 0 aliphatic heterocycles. The number of nitrogens with zero attached hydrogens (tertiary/aromatic N) is 1. The zero-order valence-electron chi connectivity index (χ0n) is 13.2. The van der Waals surface area contributed by atoms with Gasteiger partial charge in [0.1, 0.15) is 11.6 Å². The zero-order chi connectivity index (χ0) is 17.7. The van der Waals surface area contributed by atoms with Gasteiger partial charge < -0.3 is 5.32 Å². The molecule has 0 unspecified atom stereocenters. The molecule has 1 aromatic heterocycles. The van der Waals surface area contributed by atoms with Crippen molar-refractivity contribution in [3.63, 3.8) is 0 Å². The van der Waals surface area contributed by atoms with Crippen LogP contribution in [0.2, 0.25) is 0 Å². The van der Waals surface area contributed by atoms with Gasteiger partial charge in [0.15, 0.2) is 0 Å². The van der Waals surface area contributed by atoms with E-state index >= 15 is 0 Å². The molecule has 0 radical (unpaired) electrons. The van der Waals surface area contributed by atoms with E-state index in [1.807, 2.05) is 0 Å². The Morgan fingerprint density at radius 2 is 1.64 bits per heavy atom. The molecule has 0 bridgehead atoms. The van der Waals surface area contributed by atoms with E-state index in [9.17, 15) is 12.8 Å². The smallest absolute Gasteiger partial charge is 0.261 e. The van der Waals surface area contributed by atoms with Gasteiger partial charge in [-0.1, -0.05) is 30.3 Å². The second-order valence-corrected chi connectivity index (χ2v) is 7.01. The molecule has 2 aromatic carbocycles. The van der Waals surface area contributed by atoms with Crippen LogP contribution < -0.4 is 10.0 Å². The first-order valence-electron chi connectivity index (χ1n) is 7.55. The van der Waals surface area contributed by atoms with Gasteiger partial charge in [-0.05, 0) is 42.0 Å². The summed E-state index contributed by atoms with van der Waals surface area (Å²) in [5, 5.41) is 3.09. The first kappa shape index (κ1) is 16.9. The Labute approximate surface area is 145 Å². The summed E-state index contributed by atoms with van der Waals surface area (Å²) in [4.78, 5) is 4.37.